The van der Waals surface area contributed by atoms with Crippen molar-refractivity contribution in [2.24, 2.45) is 11.8 Å². The van der Waals surface area contributed by atoms with Gasteiger partial charge in [0.15, 0.2) is 48.9 Å². The quantitative estimate of drug-likeness (QED) is 0.0230. The SMILES string of the molecule is CC(C)(C)[Si](C)(C)OC[C@@H]1[C@@H](COP(=S)(OCCC#N)O[C@H]2[C@@H](F)[C@H](n3cnc4c(NC(=O)c5ccccc5)ncnc43)O[C@@H]2CO)C[C@H]1n1cnc2c(OCCc3ccc([N+](=O)[O-])cc3)nc3nccn3c21. The fourth-order valence-electron chi connectivity index (χ4n) is 8.61. The van der Waals surface area contributed by atoms with Crippen LogP contribution in [0.2, 0.25) is 18.1 Å². The van der Waals surface area contributed by atoms with Gasteiger partial charge in [0.2, 0.25) is 11.7 Å². The first kappa shape index (κ1) is 51.7. The third kappa shape index (κ3) is 10.8. The standard InChI is InChI=1S/C47H54FN12O10PSSi/c1-47(2,3)73(4,5)68-25-33-31(22-34(33)58-27-54-38-43(56-46-50-18-19-57(46)44(38)58)65-21-16-29-12-14-32(15-13-29)60(63)64)24-67-71(72,66-20-9-17-49)70-39-35(23-61)69-45(36(39)48)59-28-53-37-40(51-26-52-41(37)59)55-42(62)30-10-7-6-8-11-30/h6-8,10-15,18-19,26-28,31,33-36,39,45,61H,9,16,20-25H2,1-5H3,(H,51,52,55,62)/t31-,33-,34-,35-,36-,39-,45-,71?/m1/s1. The first-order valence-corrected chi connectivity index (χ1v) is 29.0. The number of ether oxygens (including phenoxy) is 2. The third-order valence-electron chi connectivity index (χ3n) is 13.8. The smallest absolute Gasteiger partial charge is 0.327 e. The second-order valence-electron chi connectivity index (χ2n) is 19.3. The number of aromatic nitrogens is 9. The number of imidazole rings is 3. The second kappa shape index (κ2) is 21.3. The molecule has 9 rings (SSSR count). The summed E-state index contributed by atoms with van der Waals surface area (Å²) in [6.45, 7) is 6.78. The van der Waals surface area contributed by atoms with Crippen LogP contribution in [0, 0.1) is 33.3 Å². The van der Waals surface area contributed by atoms with Gasteiger partial charge in [0.05, 0.1) is 56.5 Å². The normalized spacial score (nSPS) is 22.0. The second-order valence-corrected chi connectivity index (χ2v) is 27.0. The highest BCUT2D eigenvalue weighted by Gasteiger charge is 2.51. The van der Waals surface area contributed by atoms with E-state index in [-0.39, 0.29) is 77.7 Å². The van der Waals surface area contributed by atoms with E-state index in [0.29, 0.717) is 42.0 Å². The number of anilines is 1. The zero-order valence-corrected chi connectivity index (χ0v) is 43.3. The summed E-state index contributed by atoms with van der Waals surface area (Å²) < 4.78 is 60.2. The van der Waals surface area contributed by atoms with Gasteiger partial charge in [0, 0.05) is 55.1 Å². The Hall–Kier alpha value is -6.20. The maximum Gasteiger partial charge on any atom is 0.327 e. The molecule has 2 aliphatic rings. The maximum atomic E-state index is 16.9. The highest BCUT2D eigenvalue weighted by molar-refractivity contribution is 8.07. The molecule has 1 unspecified atom stereocenters. The van der Waals surface area contributed by atoms with E-state index in [1.165, 1.54) is 29.4 Å². The average Bonchev–Trinajstić information content (AvgIpc) is 4.18. The Bertz CT molecular complexity index is 3210. The number of aliphatic hydroxyl groups is 1. The van der Waals surface area contributed by atoms with Gasteiger partial charge in [-0.25, -0.2) is 29.3 Å². The Morgan fingerprint density at radius 2 is 1.79 bits per heavy atom. The van der Waals surface area contributed by atoms with Crippen molar-refractivity contribution >= 4 is 72.4 Å². The number of carbonyl (C=O) groups is 1. The third-order valence-corrected chi connectivity index (χ3v) is 20.6. The predicted molar refractivity (Wildman–Crippen MR) is 269 cm³/mol. The highest BCUT2D eigenvalue weighted by Crippen LogP contribution is 2.57. The number of halogens is 1. The fraction of sp³-hybridized carbons (Fsp3) is 0.447. The molecule has 1 amide bonds. The van der Waals surface area contributed by atoms with Crippen LogP contribution in [-0.2, 0) is 41.0 Å². The van der Waals surface area contributed by atoms with Crippen LogP contribution in [0.1, 0.15) is 61.8 Å². The Labute approximate surface area is 424 Å². The summed E-state index contributed by atoms with van der Waals surface area (Å²) >= 11 is 5.99. The van der Waals surface area contributed by atoms with Crippen LogP contribution in [0.4, 0.5) is 15.9 Å². The molecule has 2 aromatic carbocycles. The van der Waals surface area contributed by atoms with E-state index >= 15 is 4.39 Å². The molecule has 0 radical (unpaired) electrons. The maximum absolute atomic E-state index is 16.9. The van der Waals surface area contributed by atoms with Gasteiger partial charge in [0.25, 0.3) is 11.6 Å². The minimum Gasteiger partial charge on any atom is -0.476 e. The van der Waals surface area contributed by atoms with Crippen molar-refractivity contribution in [1.29, 1.82) is 5.26 Å². The topological polar surface area (TPSA) is 263 Å². The lowest BCUT2D eigenvalue weighted by Gasteiger charge is -2.47. The summed E-state index contributed by atoms with van der Waals surface area (Å²) in [6.07, 6.45) is 2.60. The lowest BCUT2D eigenvalue weighted by atomic mass is 9.70. The number of nitro groups is 1. The number of amides is 1. The zero-order valence-electron chi connectivity index (χ0n) is 40.6. The van der Waals surface area contributed by atoms with E-state index < -0.39 is 57.1 Å². The number of hydrogen-bond donors (Lipinski definition) is 2. The number of hydrogen-bond acceptors (Lipinski definition) is 18. The van der Waals surface area contributed by atoms with E-state index in [9.17, 15) is 25.3 Å². The van der Waals surface area contributed by atoms with Gasteiger partial charge in [-0.3, -0.25) is 28.4 Å². The average molecular weight is 1060 g/mol. The molecular formula is C47H54FN12O10PSSi. The first-order valence-electron chi connectivity index (χ1n) is 23.6. The summed E-state index contributed by atoms with van der Waals surface area (Å²) in [4.78, 5) is 50.6. The van der Waals surface area contributed by atoms with Crippen LogP contribution in [0.3, 0.4) is 0 Å². The molecule has 1 saturated heterocycles. The fourth-order valence-corrected chi connectivity index (χ4v) is 11.8. The molecule has 1 aliphatic heterocycles. The Balaban J connectivity index is 0.944. The van der Waals surface area contributed by atoms with E-state index in [1.54, 1.807) is 61.2 Å². The number of nitriles is 1. The predicted octanol–water partition coefficient (Wildman–Crippen LogP) is 7.68. The molecule has 6 heterocycles. The van der Waals surface area contributed by atoms with Crippen molar-refractivity contribution in [2.45, 2.75) is 88.8 Å². The van der Waals surface area contributed by atoms with E-state index in [0.717, 1.165) is 5.56 Å². The Kier molecular flexibility index (Phi) is 15.1. The molecule has 5 aromatic heterocycles. The van der Waals surface area contributed by atoms with E-state index in [4.69, 9.17) is 44.3 Å². The number of nitrogens with one attached hydrogen (secondary N) is 1. The molecule has 22 nitrogen and oxygen atoms in total. The molecule has 2 fully saturated rings. The number of alkyl halides is 1. The van der Waals surface area contributed by atoms with Crippen molar-refractivity contribution < 1.29 is 46.7 Å². The van der Waals surface area contributed by atoms with Gasteiger partial charge in [0.1, 0.15) is 18.5 Å². The van der Waals surface area contributed by atoms with Crippen LogP contribution in [0.15, 0.2) is 86.0 Å². The van der Waals surface area contributed by atoms with Crippen LogP contribution in [0.25, 0.3) is 28.1 Å². The summed E-state index contributed by atoms with van der Waals surface area (Å²) in [7, 11) is -2.29. The molecule has 7 aromatic rings. The Morgan fingerprint density at radius 1 is 1.04 bits per heavy atom. The molecule has 8 atom stereocenters. The minimum absolute atomic E-state index is 0.00409. The lowest BCUT2D eigenvalue weighted by molar-refractivity contribution is -0.384. The number of aliphatic hydroxyl groups excluding tert-OH is 1. The van der Waals surface area contributed by atoms with Crippen molar-refractivity contribution in [3.63, 3.8) is 0 Å². The van der Waals surface area contributed by atoms with Crippen LogP contribution in [0.5, 0.6) is 5.88 Å². The monoisotopic (exact) mass is 1060 g/mol. The summed E-state index contributed by atoms with van der Waals surface area (Å²) in [5, 5.41) is 33.8. The van der Waals surface area contributed by atoms with Gasteiger partial charge >= 0.3 is 6.72 Å². The van der Waals surface area contributed by atoms with Crippen LogP contribution < -0.4 is 10.1 Å². The van der Waals surface area contributed by atoms with Gasteiger partial charge in [-0.2, -0.15) is 10.2 Å². The summed E-state index contributed by atoms with van der Waals surface area (Å²) in [5.74, 6) is 0.0114. The molecule has 2 N–H and O–H groups in total. The number of nitro benzene ring substituents is 1. The highest BCUT2D eigenvalue weighted by atomic mass is 32.5. The first-order chi connectivity index (χ1) is 35.0. The molecule has 384 valence electrons. The van der Waals surface area contributed by atoms with Crippen molar-refractivity contribution in [2.75, 3.05) is 38.4 Å². The largest absolute Gasteiger partial charge is 0.476 e. The number of benzene rings is 2. The van der Waals surface area contributed by atoms with Gasteiger partial charge in [-0.15, -0.1) is 0 Å². The van der Waals surface area contributed by atoms with Crippen molar-refractivity contribution in [1.82, 2.24) is 43.4 Å². The number of nitrogens with zero attached hydrogens (tertiary/aromatic N) is 11. The van der Waals surface area contributed by atoms with Crippen LogP contribution >= 0.6 is 6.72 Å². The van der Waals surface area contributed by atoms with Gasteiger partial charge < -0.3 is 37.9 Å². The molecule has 26 heteroatoms. The van der Waals surface area contributed by atoms with E-state index in [1.807, 2.05) is 10.5 Å². The van der Waals surface area contributed by atoms with Crippen molar-refractivity contribution in [3.05, 3.63) is 107 Å². The molecule has 0 bridgehead atoms. The molecular weight excluding hydrogens is 1000 g/mol. The van der Waals surface area contributed by atoms with Crippen LogP contribution in [-0.4, -0.2) is 119 Å². The van der Waals surface area contributed by atoms with Gasteiger partial charge in [-0.05, 0) is 60.0 Å². The minimum atomic E-state index is -3.88. The Morgan fingerprint density at radius 3 is 2.52 bits per heavy atom. The van der Waals surface area contributed by atoms with Crippen molar-refractivity contribution in [3.8, 4) is 11.9 Å². The lowest BCUT2D eigenvalue weighted by Crippen LogP contribution is -2.48. The number of fused-ring (bicyclic) bond motifs is 4. The van der Waals surface area contributed by atoms with Gasteiger partial charge in [-0.1, -0.05) is 51.1 Å². The summed E-state index contributed by atoms with van der Waals surface area (Å²) in [5.41, 5.74) is 2.78. The molecule has 0 spiro atoms. The zero-order chi connectivity index (χ0) is 51.7. The number of carbonyl (C=O) groups excluding carboxylic acids is 1. The summed E-state index contributed by atoms with van der Waals surface area (Å²) in [6, 6.07) is 16.7. The number of non-ortho nitro benzene ring substituents is 1. The number of rotatable bonds is 21. The molecule has 1 saturated carbocycles. The van der Waals surface area contributed by atoms with E-state index in [2.05, 4.69) is 68.7 Å². The molecule has 73 heavy (non-hydrogen) atoms. The molecule has 1 aliphatic carbocycles.